The van der Waals surface area contributed by atoms with Crippen molar-refractivity contribution >= 4 is 23.3 Å². The van der Waals surface area contributed by atoms with E-state index in [9.17, 15) is 0 Å². The Labute approximate surface area is 113 Å². The second kappa shape index (κ2) is 8.89. The van der Waals surface area contributed by atoms with Crippen LogP contribution in [0.5, 0.6) is 0 Å². The second-order valence-electron chi connectivity index (χ2n) is 4.48. The van der Waals surface area contributed by atoms with E-state index < -0.39 is 0 Å². The van der Waals surface area contributed by atoms with Crippen molar-refractivity contribution in [3.63, 3.8) is 0 Å². The molecular formula is C12H23N3S2. The van der Waals surface area contributed by atoms with Gasteiger partial charge in [-0.3, -0.25) is 0 Å². The van der Waals surface area contributed by atoms with Gasteiger partial charge in [0.25, 0.3) is 0 Å². The number of hydrogen-bond donors (Lipinski definition) is 1. The van der Waals surface area contributed by atoms with Crippen molar-refractivity contribution in [3.05, 3.63) is 5.82 Å². The number of nitrogens with zero attached hydrogens (tertiary/aromatic N) is 2. The van der Waals surface area contributed by atoms with E-state index >= 15 is 0 Å². The van der Waals surface area contributed by atoms with Crippen molar-refractivity contribution in [2.75, 3.05) is 18.8 Å². The Balaban J connectivity index is 1.97. The van der Waals surface area contributed by atoms with Crippen LogP contribution < -0.4 is 5.32 Å². The molecule has 0 atom stereocenters. The van der Waals surface area contributed by atoms with Crippen LogP contribution in [0, 0.1) is 5.92 Å². The van der Waals surface area contributed by atoms with Gasteiger partial charge in [0.05, 0.1) is 0 Å². The predicted octanol–water partition coefficient (Wildman–Crippen LogP) is 3.22. The van der Waals surface area contributed by atoms with E-state index in [-0.39, 0.29) is 0 Å². The zero-order valence-corrected chi connectivity index (χ0v) is 12.7. The average molecular weight is 273 g/mol. The molecule has 0 aromatic carbocycles. The van der Waals surface area contributed by atoms with Crippen LogP contribution in [0.15, 0.2) is 4.34 Å². The van der Waals surface area contributed by atoms with Crippen molar-refractivity contribution in [1.82, 2.24) is 14.7 Å². The van der Waals surface area contributed by atoms with E-state index in [4.69, 9.17) is 0 Å². The van der Waals surface area contributed by atoms with Gasteiger partial charge in [0.15, 0.2) is 4.34 Å². The molecular weight excluding hydrogens is 250 g/mol. The van der Waals surface area contributed by atoms with Gasteiger partial charge in [-0.2, -0.15) is 4.37 Å². The van der Waals surface area contributed by atoms with Crippen molar-refractivity contribution in [2.24, 2.45) is 5.92 Å². The lowest BCUT2D eigenvalue weighted by atomic mass is 10.2. The summed E-state index contributed by atoms with van der Waals surface area (Å²) in [6.45, 7) is 8.84. The van der Waals surface area contributed by atoms with Crippen molar-refractivity contribution in [3.8, 4) is 0 Å². The fourth-order valence-electron chi connectivity index (χ4n) is 1.34. The topological polar surface area (TPSA) is 37.8 Å². The highest BCUT2D eigenvalue weighted by Gasteiger charge is 2.02. The van der Waals surface area contributed by atoms with Crippen molar-refractivity contribution in [2.45, 2.75) is 44.4 Å². The zero-order chi connectivity index (χ0) is 12.5. The third-order valence-corrected chi connectivity index (χ3v) is 4.25. The standard InChI is InChI=1S/C12H23N3S2/c1-4-11-14-12(17-15-11)16-8-6-5-7-13-9-10(2)3/h10,13H,4-9H2,1-3H3. The third-order valence-electron chi connectivity index (χ3n) is 2.29. The van der Waals surface area contributed by atoms with Gasteiger partial charge in [-0.05, 0) is 43.4 Å². The number of thioether (sulfide) groups is 1. The minimum absolute atomic E-state index is 0.748. The van der Waals surface area contributed by atoms with Crippen LogP contribution in [0.4, 0.5) is 0 Å². The molecule has 0 amide bonds. The Morgan fingerprint density at radius 1 is 1.35 bits per heavy atom. The highest BCUT2D eigenvalue weighted by atomic mass is 32.2. The summed E-state index contributed by atoms with van der Waals surface area (Å²) < 4.78 is 5.40. The predicted molar refractivity (Wildman–Crippen MR) is 77.0 cm³/mol. The fourth-order valence-corrected chi connectivity index (χ4v) is 3.11. The van der Waals surface area contributed by atoms with Crippen LogP contribution in [-0.4, -0.2) is 28.2 Å². The number of rotatable bonds is 9. The summed E-state index contributed by atoms with van der Waals surface area (Å²) in [5.41, 5.74) is 0. The molecule has 17 heavy (non-hydrogen) atoms. The first kappa shape index (κ1) is 14.9. The first-order chi connectivity index (χ1) is 8.22. The van der Waals surface area contributed by atoms with E-state index in [1.807, 2.05) is 11.8 Å². The number of hydrogen-bond acceptors (Lipinski definition) is 5. The normalized spacial score (nSPS) is 11.3. The van der Waals surface area contributed by atoms with Gasteiger partial charge in [-0.15, -0.1) is 0 Å². The summed E-state index contributed by atoms with van der Waals surface area (Å²) in [4.78, 5) is 4.44. The second-order valence-corrected chi connectivity index (χ2v) is 6.58. The van der Waals surface area contributed by atoms with Gasteiger partial charge in [0.1, 0.15) is 5.82 Å². The summed E-state index contributed by atoms with van der Waals surface area (Å²) in [5.74, 6) is 2.89. The van der Waals surface area contributed by atoms with E-state index in [1.54, 1.807) is 0 Å². The monoisotopic (exact) mass is 273 g/mol. The van der Waals surface area contributed by atoms with Gasteiger partial charge in [-0.1, -0.05) is 32.5 Å². The largest absolute Gasteiger partial charge is 0.316 e. The highest BCUT2D eigenvalue weighted by Crippen LogP contribution is 2.21. The smallest absolute Gasteiger partial charge is 0.170 e. The van der Waals surface area contributed by atoms with Crippen LogP contribution in [0.3, 0.4) is 0 Å². The van der Waals surface area contributed by atoms with E-state index in [0.29, 0.717) is 0 Å². The number of aromatic nitrogens is 2. The third kappa shape index (κ3) is 7.01. The van der Waals surface area contributed by atoms with Crippen LogP contribution in [0.2, 0.25) is 0 Å². The molecule has 98 valence electrons. The molecule has 0 aliphatic heterocycles. The van der Waals surface area contributed by atoms with E-state index in [1.165, 1.54) is 24.4 Å². The Kier molecular flexibility index (Phi) is 7.81. The number of nitrogens with one attached hydrogen (secondary N) is 1. The SMILES string of the molecule is CCc1nsc(SCCCCNCC(C)C)n1. The maximum Gasteiger partial charge on any atom is 0.170 e. The summed E-state index contributed by atoms with van der Waals surface area (Å²) in [7, 11) is 0. The summed E-state index contributed by atoms with van der Waals surface area (Å²) in [6, 6.07) is 0. The molecule has 0 saturated carbocycles. The number of aryl methyl sites for hydroxylation is 1. The van der Waals surface area contributed by atoms with Crippen LogP contribution in [-0.2, 0) is 6.42 Å². The Morgan fingerprint density at radius 3 is 2.82 bits per heavy atom. The van der Waals surface area contributed by atoms with Crippen LogP contribution in [0.25, 0.3) is 0 Å². The van der Waals surface area contributed by atoms with E-state index in [2.05, 4.69) is 35.4 Å². The molecule has 1 heterocycles. The molecule has 3 nitrogen and oxygen atoms in total. The van der Waals surface area contributed by atoms with Gasteiger partial charge in [0.2, 0.25) is 0 Å². The Bertz CT molecular complexity index is 300. The lowest BCUT2D eigenvalue weighted by molar-refractivity contribution is 0.541. The maximum absolute atomic E-state index is 4.44. The highest BCUT2D eigenvalue weighted by molar-refractivity contribution is 8.00. The molecule has 1 rings (SSSR count). The first-order valence-electron chi connectivity index (χ1n) is 6.38. The molecule has 0 aliphatic carbocycles. The zero-order valence-electron chi connectivity index (χ0n) is 11.0. The average Bonchev–Trinajstić information content (AvgIpc) is 2.75. The van der Waals surface area contributed by atoms with Crippen LogP contribution >= 0.6 is 23.3 Å². The summed E-state index contributed by atoms with van der Waals surface area (Å²) in [5, 5.41) is 3.46. The first-order valence-corrected chi connectivity index (χ1v) is 8.14. The molecule has 5 heteroatoms. The van der Waals surface area contributed by atoms with E-state index in [0.717, 1.165) is 41.3 Å². The summed E-state index contributed by atoms with van der Waals surface area (Å²) >= 11 is 3.37. The Hall–Kier alpha value is -0.130. The van der Waals surface area contributed by atoms with Crippen molar-refractivity contribution < 1.29 is 0 Å². The number of unbranched alkanes of at least 4 members (excludes halogenated alkanes) is 1. The lowest BCUT2D eigenvalue weighted by Crippen LogP contribution is -2.20. The fraction of sp³-hybridized carbons (Fsp3) is 0.833. The van der Waals surface area contributed by atoms with Crippen molar-refractivity contribution in [1.29, 1.82) is 0 Å². The molecule has 0 fully saturated rings. The van der Waals surface area contributed by atoms with Gasteiger partial charge >= 0.3 is 0 Å². The minimum atomic E-state index is 0.748. The van der Waals surface area contributed by atoms with Gasteiger partial charge in [-0.25, -0.2) is 4.98 Å². The Morgan fingerprint density at radius 2 is 2.18 bits per heavy atom. The quantitative estimate of drug-likeness (QED) is 0.554. The maximum atomic E-state index is 4.44. The minimum Gasteiger partial charge on any atom is -0.316 e. The molecule has 1 aromatic heterocycles. The molecule has 1 N–H and O–H groups in total. The van der Waals surface area contributed by atoms with Crippen LogP contribution in [0.1, 0.15) is 39.4 Å². The molecule has 0 radical (unpaired) electrons. The molecule has 0 bridgehead atoms. The summed E-state index contributed by atoms with van der Waals surface area (Å²) in [6.07, 6.45) is 3.44. The molecule has 0 spiro atoms. The van der Waals surface area contributed by atoms with Gasteiger partial charge in [0, 0.05) is 12.2 Å². The molecule has 0 aliphatic rings. The lowest BCUT2D eigenvalue weighted by Gasteiger charge is -2.06. The van der Waals surface area contributed by atoms with Gasteiger partial charge < -0.3 is 5.32 Å². The molecule has 0 unspecified atom stereocenters. The molecule has 0 saturated heterocycles. The molecule has 1 aromatic rings.